The van der Waals surface area contributed by atoms with Crippen LogP contribution < -0.4 is 5.73 Å². The van der Waals surface area contributed by atoms with E-state index < -0.39 is 11.0 Å². The van der Waals surface area contributed by atoms with Crippen molar-refractivity contribution < 1.29 is 4.79 Å². The molecule has 0 bridgehead atoms. The third-order valence-corrected chi connectivity index (χ3v) is 5.92. The highest BCUT2D eigenvalue weighted by Gasteiger charge is 2.45. The molecule has 3 heteroatoms. The predicted molar refractivity (Wildman–Crippen MR) is 78.8 cm³/mol. The molecule has 0 aromatic heterocycles. The molecule has 1 spiro atoms. The maximum absolute atomic E-state index is 12.7. The first-order valence-corrected chi connectivity index (χ1v) is 7.76. The third-order valence-electron chi connectivity index (χ3n) is 5.92. The molecule has 0 aromatic carbocycles. The van der Waals surface area contributed by atoms with Crippen LogP contribution in [0.25, 0.3) is 0 Å². The number of likely N-dealkylation sites (tertiary alicyclic amines) is 1. The Morgan fingerprint density at radius 2 is 1.47 bits per heavy atom. The van der Waals surface area contributed by atoms with Crippen molar-refractivity contribution in [2.24, 2.45) is 16.6 Å². The lowest BCUT2D eigenvalue weighted by molar-refractivity contribution is -0.145. The normalized spacial score (nSPS) is 23.9. The van der Waals surface area contributed by atoms with Crippen molar-refractivity contribution in [3.05, 3.63) is 0 Å². The average molecular weight is 266 g/mol. The summed E-state index contributed by atoms with van der Waals surface area (Å²) in [6.45, 7) is 9.72. The van der Waals surface area contributed by atoms with Gasteiger partial charge in [-0.05, 0) is 58.8 Å². The van der Waals surface area contributed by atoms with Crippen molar-refractivity contribution in [2.75, 3.05) is 13.1 Å². The molecule has 19 heavy (non-hydrogen) atoms. The zero-order valence-electron chi connectivity index (χ0n) is 13.1. The van der Waals surface area contributed by atoms with E-state index in [1.807, 2.05) is 27.7 Å². The number of hydrogen-bond donors (Lipinski definition) is 1. The lowest BCUT2D eigenvalue weighted by Crippen LogP contribution is -2.58. The first-order chi connectivity index (χ1) is 8.68. The van der Waals surface area contributed by atoms with Crippen molar-refractivity contribution in [3.63, 3.8) is 0 Å². The van der Waals surface area contributed by atoms with E-state index in [1.165, 1.54) is 38.5 Å². The van der Waals surface area contributed by atoms with Crippen LogP contribution in [0.3, 0.4) is 0 Å². The Morgan fingerprint density at radius 1 is 1.00 bits per heavy atom. The Morgan fingerprint density at radius 3 is 1.89 bits per heavy atom. The quantitative estimate of drug-likeness (QED) is 0.835. The molecular weight excluding hydrogens is 236 g/mol. The number of nitrogens with two attached hydrogens (primary N) is 1. The Kier molecular flexibility index (Phi) is 3.72. The van der Waals surface area contributed by atoms with Crippen LogP contribution in [0.5, 0.6) is 0 Å². The van der Waals surface area contributed by atoms with Crippen LogP contribution in [0, 0.1) is 10.8 Å². The molecule has 1 aliphatic heterocycles. The second-order valence-electron chi connectivity index (χ2n) is 7.85. The van der Waals surface area contributed by atoms with Crippen molar-refractivity contribution in [3.8, 4) is 0 Å². The minimum Gasteiger partial charge on any atom is -0.342 e. The molecule has 1 saturated heterocycles. The Hall–Kier alpha value is -0.570. The van der Waals surface area contributed by atoms with Crippen molar-refractivity contribution in [1.29, 1.82) is 0 Å². The fraction of sp³-hybridized carbons (Fsp3) is 0.938. The molecule has 0 radical (unpaired) electrons. The lowest BCUT2D eigenvalue weighted by Gasteiger charge is -2.45. The van der Waals surface area contributed by atoms with Gasteiger partial charge in [-0.1, -0.05) is 12.8 Å². The summed E-state index contributed by atoms with van der Waals surface area (Å²) in [6, 6.07) is 0. The van der Waals surface area contributed by atoms with Crippen LogP contribution in [-0.4, -0.2) is 29.4 Å². The molecule has 2 rings (SSSR count). The first kappa shape index (κ1) is 14.8. The standard InChI is InChI=1S/C16H30N2O/c1-14(2,15(3,4)17)13(19)18-11-9-16(10-12-18)7-5-6-8-16/h5-12,17H2,1-4H3. The van der Waals surface area contributed by atoms with Gasteiger partial charge in [0.25, 0.3) is 0 Å². The zero-order chi connectivity index (χ0) is 14.3. The van der Waals surface area contributed by atoms with Gasteiger partial charge in [0.2, 0.25) is 5.91 Å². The Bertz CT molecular complexity index is 338. The smallest absolute Gasteiger partial charge is 0.230 e. The minimum atomic E-state index is -0.493. The van der Waals surface area contributed by atoms with Gasteiger partial charge in [-0.2, -0.15) is 0 Å². The van der Waals surface area contributed by atoms with Crippen LogP contribution in [0.15, 0.2) is 0 Å². The summed E-state index contributed by atoms with van der Waals surface area (Å²) < 4.78 is 0. The van der Waals surface area contributed by atoms with E-state index in [2.05, 4.69) is 4.90 Å². The van der Waals surface area contributed by atoms with E-state index in [9.17, 15) is 4.79 Å². The van der Waals surface area contributed by atoms with Crippen molar-refractivity contribution in [1.82, 2.24) is 4.90 Å². The van der Waals surface area contributed by atoms with Crippen LogP contribution in [0.1, 0.15) is 66.2 Å². The van der Waals surface area contributed by atoms with E-state index in [-0.39, 0.29) is 5.91 Å². The van der Waals surface area contributed by atoms with E-state index in [0.29, 0.717) is 5.41 Å². The molecule has 1 aliphatic carbocycles. The van der Waals surface area contributed by atoms with Crippen LogP contribution in [0.2, 0.25) is 0 Å². The summed E-state index contributed by atoms with van der Waals surface area (Å²) in [5.74, 6) is 0.229. The van der Waals surface area contributed by atoms with Gasteiger partial charge in [-0.3, -0.25) is 4.79 Å². The van der Waals surface area contributed by atoms with Crippen LogP contribution >= 0.6 is 0 Å². The van der Waals surface area contributed by atoms with Crippen LogP contribution in [-0.2, 0) is 4.79 Å². The number of carbonyl (C=O) groups excluding carboxylic acids is 1. The van der Waals surface area contributed by atoms with Crippen molar-refractivity contribution >= 4 is 5.91 Å². The fourth-order valence-electron chi connectivity index (χ4n) is 3.48. The fourth-order valence-corrected chi connectivity index (χ4v) is 3.48. The van der Waals surface area contributed by atoms with E-state index in [1.54, 1.807) is 0 Å². The highest BCUT2D eigenvalue weighted by atomic mass is 16.2. The maximum Gasteiger partial charge on any atom is 0.230 e. The predicted octanol–water partition coefficient (Wildman–Crippen LogP) is 2.93. The maximum atomic E-state index is 12.7. The topological polar surface area (TPSA) is 46.3 Å². The van der Waals surface area contributed by atoms with Gasteiger partial charge in [0.05, 0.1) is 5.41 Å². The summed E-state index contributed by atoms with van der Waals surface area (Å²) in [6.07, 6.45) is 7.91. The molecule has 2 N–H and O–H groups in total. The molecular formula is C16H30N2O. The second-order valence-corrected chi connectivity index (χ2v) is 7.85. The Balaban J connectivity index is 1.99. The highest BCUT2D eigenvalue weighted by molar-refractivity contribution is 5.83. The summed E-state index contributed by atoms with van der Waals surface area (Å²) in [5, 5.41) is 0. The molecule has 1 amide bonds. The molecule has 0 aromatic rings. The summed E-state index contributed by atoms with van der Waals surface area (Å²) in [4.78, 5) is 14.8. The van der Waals surface area contributed by atoms with Gasteiger partial charge in [-0.25, -0.2) is 0 Å². The molecule has 3 nitrogen and oxygen atoms in total. The highest BCUT2D eigenvalue weighted by Crippen LogP contribution is 2.46. The van der Waals surface area contributed by atoms with E-state index >= 15 is 0 Å². The van der Waals surface area contributed by atoms with Gasteiger partial charge in [-0.15, -0.1) is 0 Å². The molecule has 2 fully saturated rings. The largest absolute Gasteiger partial charge is 0.342 e. The Labute approximate surface area is 117 Å². The zero-order valence-corrected chi connectivity index (χ0v) is 13.1. The van der Waals surface area contributed by atoms with Gasteiger partial charge in [0.15, 0.2) is 0 Å². The second kappa shape index (κ2) is 4.76. The SMILES string of the molecule is CC(C)(N)C(C)(C)C(=O)N1CCC2(CCCC2)CC1. The van der Waals surface area contributed by atoms with Crippen LogP contribution in [0.4, 0.5) is 0 Å². The number of carbonyl (C=O) groups is 1. The summed E-state index contributed by atoms with van der Waals surface area (Å²) >= 11 is 0. The number of nitrogens with zero attached hydrogens (tertiary/aromatic N) is 1. The summed E-state index contributed by atoms with van der Waals surface area (Å²) in [7, 11) is 0. The lowest BCUT2D eigenvalue weighted by atomic mass is 9.72. The molecule has 0 unspecified atom stereocenters. The van der Waals surface area contributed by atoms with Gasteiger partial charge >= 0.3 is 0 Å². The minimum absolute atomic E-state index is 0.229. The number of rotatable bonds is 2. The van der Waals surface area contributed by atoms with Gasteiger partial charge in [0, 0.05) is 18.6 Å². The molecule has 0 atom stereocenters. The van der Waals surface area contributed by atoms with E-state index in [0.717, 1.165) is 13.1 Å². The third kappa shape index (κ3) is 2.67. The van der Waals surface area contributed by atoms with E-state index in [4.69, 9.17) is 5.73 Å². The first-order valence-electron chi connectivity index (χ1n) is 7.76. The molecule has 1 saturated carbocycles. The monoisotopic (exact) mass is 266 g/mol. The molecule has 110 valence electrons. The molecule has 2 aliphatic rings. The number of amides is 1. The molecule has 1 heterocycles. The average Bonchev–Trinajstić information content (AvgIpc) is 2.76. The van der Waals surface area contributed by atoms with Crippen molar-refractivity contribution in [2.45, 2.75) is 71.8 Å². The number of piperidine rings is 1. The summed E-state index contributed by atoms with van der Waals surface area (Å²) in [5.41, 5.74) is 5.79. The number of hydrogen-bond acceptors (Lipinski definition) is 2. The van der Waals surface area contributed by atoms with Gasteiger partial charge < -0.3 is 10.6 Å². The van der Waals surface area contributed by atoms with Gasteiger partial charge in [0.1, 0.15) is 0 Å².